The third kappa shape index (κ3) is 4.11. The SMILES string of the molecule is Cc1ccc(Br)c(NS(=O)(=O)c2cccc(C(=O)N(C)C)c2)c1. The molecule has 5 nitrogen and oxygen atoms in total. The molecule has 0 aliphatic rings. The quantitative estimate of drug-likeness (QED) is 0.861. The highest BCUT2D eigenvalue weighted by molar-refractivity contribution is 9.10. The van der Waals surface area contributed by atoms with Gasteiger partial charge < -0.3 is 4.90 Å². The molecule has 1 N–H and O–H groups in total. The molecule has 1 amide bonds. The Morgan fingerprint density at radius 3 is 2.48 bits per heavy atom. The molecular weight excluding hydrogens is 380 g/mol. The van der Waals surface area contributed by atoms with Crippen LogP contribution in [0.5, 0.6) is 0 Å². The van der Waals surface area contributed by atoms with Crippen LogP contribution in [0.25, 0.3) is 0 Å². The maximum Gasteiger partial charge on any atom is 0.261 e. The van der Waals surface area contributed by atoms with E-state index in [0.717, 1.165) is 5.56 Å². The largest absolute Gasteiger partial charge is 0.345 e. The first-order valence-corrected chi connectivity index (χ1v) is 9.09. The van der Waals surface area contributed by atoms with Crippen LogP contribution in [0.4, 0.5) is 5.69 Å². The predicted octanol–water partition coefficient (Wildman–Crippen LogP) is 3.26. The van der Waals surface area contributed by atoms with E-state index in [-0.39, 0.29) is 10.8 Å². The van der Waals surface area contributed by atoms with Crippen LogP contribution in [-0.4, -0.2) is 33.3 Å². The van der Waals surface area contributed by atoms with Crippen molar-refractivity contribution in [3.63, 3.8) is 0 Å². The van der Waals surface area contributed by atoms with E-state index in [1.54, 1.807) is 38.4 Å². The van der Waals surface area contributed by atoms with Crippen molar-refractivity contribution in [1.82, 2.24) is 4.90 Å². The number of carbonyl (C=O) groups excluding carboxylic acids is 1. The number of nitrogens with zero attached hydrogens (tertiary/aromatic N) is 1. The fraction of sp³-hybridized carbons (Fsp3) is 0.188. The van der Waals surface area contributed by atoms with E-state index in [2.05, 4.69) is 20.7 Å². The minimum atomic E-state index is -3.79. The molecule has 0 saturated carbocycles. The standard InChI is InChI=1S/C16H17BrN2O3S/c1-11-7-8-14(17)15(9-11)18-23(21,22)13-6-4-5-12(10-13)16(20)19(2)3/h4-10,18H,1-3H3. The van der Waals surface area contributed by atoms with Gasteiger partial charge in [0.05, 0.1) is 10.6 Å². The fourth-order valence-corrected chi connectivity index (χ4v) is 3.57. The van der Waals surface area contributed by atoms with E-state index in [9.17, 15) is 13.2 Å². The van der Waals surface area contributed by atoms with E-state index in [4.69, 9.17) is 0 Å². The van der Waals surface area contributed by atoms with E-state index >= 15 is 0 Å². The number of benzene rings is 2. The van der Waals surface area contributed by atoms with Crippen molar-refractivity contribution in [1.29, 1.82) is 0 Å². The number of nitrogens with one attached hydrogen (secondary N) is 1. The average Bonchev–Trinajstić information content (AvgIpc) is 2.50. The zero-order valence-corrected chi connectivity index (χ0v) is 15.4. The molecule has 23 heavy (non-hydrogen) atoms. The summed E-state index contributed by atoms with van der Waals surface area (Å²) in [6, 6.07) is 11.3. The first-order valence-electron chi connectivity index (χ1n) is 6.81. The van der Waals surface area contributed by atoms with Crippen LogP contribution in [-0.2, 0) is 10.0 Å². The van der Waals surface area contributed by atoms with Crippen LogP contribution in [0.15, 0.2) is 51.8 Å². The molecule has 0 aliphatic carbocycles. The van der Waals surface area contributed by atoms with Gasteiger partial charge in [0, 0.05) is 24.1 Å². The Morgan fingerprint density at radius 1 is 1.13 bits per heavy atom. The van der Waals surface area contributed by atoms with Crippen molar-refractivity contribution >= 4 is 37.5 Å². The second-order valence-corrected chi connectivity index (χ2v) is 7.85. The minimum absolute atomic E-state index is 0.0404. The van der Waals surface area contributed by atoms with Gasteiger partial charge in [0.2, 0.25) is 0 Å². The molecule has 122 valence electrons. The van der Waals surface area contributed by atoms with Crippen molar-refractivity contribution in [3.8, 4) is 0 Å². The lowest BCUT2D eigenvalue weighted by molar-refractivity contribution is 0.0827. The molecule has 0 radical (unpaired) electrons. The van der Waals surface area contributed by atoms with Gasteiger partial charge in [0.25, 0.3) is 15.9 Å². The van der Waals surface area contributed by atoms with Crippen molar-refractivity contribution in [3.05, 3.63) is 58.1 Å². The molecular formula is C16H17BrN2O3S. The molecule has 0 aliphatic heterocycles. The van der Waals surface area contributed by atoms with Crippen LogP contribution < -0.4 is 4.72 Å². The summed E-state index contributed by atoms with van der Waals surface area (Å²) >= 11 is 3.32. The Morgan fingerprint density at radius 2 is 1.83 bits per heavy atom. The minimum Gasteiger partial charge on any atom is -0.345 e. The number of sulfonamides is 1. The maximum atomic E-state index is 12.6. The smallest absolute Gasteiger partial charge is 0.261 e. The maximum absolute atomic E-state index is 12.6. The van der Waals surface area contributed by atoms with Crippen LogP contribution in [0.1, 0.15) is 15.9 Å². The molecule has 7 heteroatoms. The molecule has 0 fully saturated rings. The molecule has 0 bridgehead atoms. The van der Waals surface area contributed by atoms with E-state index in [0.29, 0.717) is 15.7 Å². The molecule has 0 aromatic heterocycles. The molecule has 2 rings (SSSR count). The zero-order valence-electron chi connectivity index (χ0n) is 13.0. The van der Waals surface area contributed by atoms with Gasteiger partial charge in [-0.15, -0.1) is 0 Å². The van der Waals surface area contributed by atoms with Crippen molar-refractivity contribution in [2.24, 2.45) is 0 Å². The van der Waals surface area contributed by atoms with Crippen LogP contribution in [0.3, 0.4) is 0 Å². The lowest BCUT2D eigenvalue weighted by atomic mass is 10.2. The average molecular weight is 397 g/mol. The number of anilines is 1. The Kier molecular flexibility index (Phi) is 5.11. The Hall–Kier alpha value is -1.86. The summed E-state index contributed by atoms with van der Waals surface area (Å²) in [5.74, 6) is -0.251. The Labute approximate surface area is 144 Å². The first kappa shape index (κ1) is 17.5. The predicted molar refractivity (Wildman–Crippen MR) is 94.1 cm³/mol. The second-order valence-electron chi connectivity index (χ2n) is 5.32. The van der Waals surface area contributed by atoms with E-state index in [1.807, 2.05) is 13.0 Å². The van der Waals surface area contributed by atoms with Gasteiger partial charge in [-0.2, -0.15) is 0 Å². The summed E-state index contributed by atoms with van der Waals surface area (Å²) in [5.41, 5.74) is 1.71. The number of aryl methyl sites for hydroxylation is 1. The van der Waals surface area contributed by atoms with E-state index in [1.165, 1.54) is 17.0 Å². The molecule has 0 atom stereocenters. The van der Waals surface area contributed by atoms with Gasteiger partial charge in [-0.25, -0.2) is 8.42 Å². The van der Waals surface area contributed by atoms with Gasteiger partial charge in [-0.3, -0.25) is 9.52 Å². The van der Waals surface area contributed by atoms with Crippen LogP contribution in [0.2, 0.25) is 0 Å². The number of hydrogen-bond donors (Lipinski definition) is 1. The third-order valence-corrected chi connectivity index (χ3v) is 5.22. The van der Waals surface area contributed by atoms with Gasteiger partial charge in [0.15, 0.2) is 0 Å². The summed E-state index contributed by atoms with van der Waals surface area (Å²) < 4.78 is 28.3. The van der Waals surface area contributed by atoms with Gasteiger partial charge in [0.1, 0.15) is 0 Å². The van der Waals surface area contributed by atoms with Gasteiger partial charge >= 0.3 is 0 Å². The molecule has 0 heterocycles. The Bertz CT molecular complexity index is 848. The molecule has 0 saturated heterocycles. The summed E-state index contributed by atoms with van der Waals surface area (Å²) in [5, 5.41) is 0. The molecule has 2 aromatic rings. The topological polar surface area (TPSA) is 66.5 Å². The number of carbonyl (C=O) groups is 1. The Balaban J connectivity index is 2.38. The molecule has 0 spiro atoms. The highest BCUT2D eigenvalue weighted by Gasteiger charge is 2.18. The molecule has 0 unspecified atom stereocenters. The normalized spacial score (nSPS) is 11.1. The van der Waals surface area contributed by atoms with Crippen LogP contribution >= 0.6 is 15.9 Å². The number of hydrogen-bond acceptors (Lipinski definition) is 3. The number of amides is 1. The summed E-state index contributed by atoms with van der Waals surface area (Å²) in [4.78, 5) is 13.4. The lowest BCUT2D eigenvalue weighted by Crippen LogP contribution is -2.22. The molecule has 2 aromatic carbocycles. The lowest BCUT2D eigenvalue weighted by Gasteiger charge is -2.13. The fourth-order valence-electron chi connectivity index (χ4n) is 1.98. The summed E-state index contributed by atoms with van der Waals surface area (Å²) in [6.45, 7) is 1.88. The van der Waals surface area contributed by atoms with Gasteiger partial charge in [-0.1, -0.05) is 12.1 Å². The highest BCUT2D eigenvalue weighted by atomic mass is 79.9. The third-order valence-electron chi connectivity index (χ3n) is 3.16. The van der Waals surface area contributed by atoms with Gasteiger partial charge in [-0.05, 0) is 58.7 Å². The van der Waals surface area contributed by atoms with Crippen molar-refractivity contribution in [2.75, 3.05) is 18.8 Å². The number of rotatable bonds is 4. The monoisotopic (exact) mass is 396 g/mol. The van der Waals surface area contributed by atoms with E-state index < -0.39 is 10.0 Å². The number of halogens is 1. The first-order chi connectivity index (χ1) is 10.7. The second kappa shape index (κ2) is 6.72. The van der Waals surface area contributed by atoms with Crippen LogP contribution in [0, 0.1) is 6.92 Å². The summed E-state index contributed by atoms with van der Waals surface area (Å²) in [7, 11) is -0.552. The van der Waals surface area contributed by atoms with Crippen molar-refractivity contribution < 1.29 is 13.2 Å². The summed E-state index contributed by atoms with van der Waals surface area (Å²) in [6.07, 6.45) is 0. The highest BCUT2D eigenvalue weighted by Crippen LogP contribution is 2.26. The van der Waals surface area contributed by atoms with Crippen molar-refractivity contribution in [2.45, 2.75) is 11.8 Å². The zero-order chi connectivity index (χ0) is 17.2.